The fraction of sp³-hybridized carbons (Fsp3) is 0.429. The quantitative estimate of drug-likeness (QED) is 0.688. The average Bonchev–Trinajstić information content (AvgIpc) is 2.89. The molecular formula is C21H28N4. The molecule has 132 valence electrons. The molecule has 4 nitrogen and oxygen atoms in total. The smallest absolute Gasteiger partial charge is 0.135 e. The van der Waals surface area contributed by atoms with Crippen LogP contribution in [0.15, 0.2) is 24.4 Å². The number of hydrogen-bond donors (Lipinski definition) is 1. The Morgan fingerprint density at radius 3 is 2.52 bits per heavy atom. The number of nitrogens with zero attached hydrogens (tertiary/aromatic N) is 3. The van der Waals surface area contributed by atoms with Crippen LogP contribution < -0.4 is 5.32 Å². The van der Waals surface area contributed by atoms with Gasteiger partial charge in [0.15, 0.2) is 0 Å². The van der Waals surface area contributed by atoms with E-state index in [4.69, 9.17) is 9.97 Å². The van der Waals surface area contributed by atoms with Gasteiger partial charge in [0.1, 0.15) is 5.82 Å². The summed E-state index contributed by atoms with van der Waals surface area (Å²) >= 11 is 0. The van der Waals surface area contributed by atoms with Gasteiger partial charge in [0.2, 0.25) is 0 Å². The highest BCUT2D eigenvalue weighted by Gasteiger charge is 2.16. The molecule has 0 bridgehead atoms. The summed E-state index contributed by atoms with van der Waals surface area (Å²) in [4.78, 5) is 9.82. The molecule has 3 aromatic rings. The van der Waals surface area contributed by atoms with Crippen LogP contribution in [0.4, 0.5) is 5.82 Å². The summed E-state index contributed by atoms with van der Waals surface area (Å²) in [7, 11) is 1.92. The largest absolute Gasteiger partial charge is 0.373 e. The second kappa shape index (κ2) is 6.87. The maximum absolute atomic E-state index is 5.03. The number of rotatable bonds is 5. The highest BCUT2D eigenvalue weighted by Crippen LogP contribution is 2.32. The first-order valence-corrected chi connectivity index (χ1v) is 9.12. The summed E-state index contributed by atoms with van der Waals surface area (Å²) in [6.45, 7) is 11.8. The van der Waals surface area contributed by atoms with Crippen LogP contribution in [-0.4, -0.2) is 21.6 Å². The van der Waals surface area contributed by atoms with Gasteiger partial charge in [0.25, 0.3) is 0 Å². The Hall–Kier alpha value is -2.36. The summed E-state index contributed by atoms with van der Waals surface area (Å²) in [6, 6.07) is 6.52. The van der Waals surface area contributed by atoms with Gasteiger partial charge in [-0.15, -0.1) is 0 Å². The fourth-order valence-corrected chi connectivity index (χ4v) is 3.35. The SMILES string of the molecule is CCCn1cc(C)c2nc(-c3ccc(C(C)C)nc3NC)c(C)cc21. The monoisotopic (exact) mass is 336 g/mol. The van der Waals surface area contributed by atoms with Gasteiger partial charge >= 0.3 is 0 Å². The first-order valence-electron chi connectivity index (χ1n) is 9.12. The number of aromatic nitrogens is 3. The van der Waals surface area contributed by atoms with Crippen molar-refractivity contribution in [2.24, 2.45) is 0 Å². The van der Waals surface area contributed by atoms with Gasteiger partial charge in [-0.3, -0.25) is 0 Å². The minimum atomic E-state index is 0.406. The normalized spacial score (nSPS) is 11.5. The van der Waals surface area contributed by atoms with Crippen molar-refractivity contribution < 1.29 is 0 Å². The van der Waals surface area contributed by atoms with Crippen LogP contribution in [0.2, 0.25) is 0 Å². The Morgan fingerprint density at radius 1 is 1.12 bits per heavy atom. The number of nitrogens with one attached hydrogen (secondary N) is 1. The van der Waals surface area contributed by atoms with Crippen molar-refractivity contribution in [2.75, 3.05) is 12.4 Å². The summed E-state index contributed by atoms with van der Waals surface area (Å²) in [5.41, 5.74) is 7.88. The lowest BCUT2D eigenvalue weighted by Gasteiger charge is -2.14. The van der Waals surface area contributed by atoms with Crippen LogP contribution in [0.1, 0.15) is 49.9 Å². The van der Waals surface area contributed by atoms with Crippen molar-refractivity contribution in [2.45, 2.75) is 53.5 Å². The van der Waals surface area contributed by atoms with E-state index < -0.39 is 0 Å². The molecule has 3 rings (SSSR count). The average molecular weight is 336 g/mol. The number of anilines is 1. The van der Waals surface area contributed by atoms with Crippen molar-refractivity contribution in [3.63, 3.8) is 0 Å². The van der Waals surface area contributed by atoms with E-state index >= 15 is 0 Å². The van der Waals surface area contributed by atoms with Gasteiger partial charge in [-0.25, -0.2) is 9.97 Å². The van der Waals surface area contributed by atoms with E-state index in [-0.39, 0.29) is 0 Å². The highest BCUT2D eigenvalue weighted by molar-refractivity contribution is 5.86. The summed E-state index contributed by atoms with van der Waals surface area (Å²) in [5, 5.41) is 3.25. The molecule has 0 aliphatic rings. The third kappa shape index (κ3) is 3.13. The number of hydrogen-bond acceptors (Lipinski definition) is 3. The van der Waals surface area contributed by atoms with Crippen molar-refractivity contribution in [3.8, 4) is 11.3 Å². The van der Waals surface area contributed by atoms with Crippen molar-refractivity contribution in [1.82, 2.24) is 14.5 Å². The van der Waals surface area contributed by atoms with Crippen LogP contribution >= 0.6 is 0 Å². The summed E-state index contributed by atoms with van der Waals surface area (Å²) in [6.07, 6.45) is 3.33. The van der Waals surface area contributed by atoms with E-state index in [1.807, 2.05) is 7.05 Å². The second-order valence-electron chi connectivity index (χ2n) is 7.06. The molecule has 0 saturated carbocycles. The lowest BCUT2D eigenvalue weighted by atomic mass is 10.0. The lowest BCUT2D eigenvalue weighted by Crippen LogP contribution is -2.02. The van der Waals surface area contributed by atoms with Crippen molar-refractivity contribution in [3.05, 3.63) is 41.2 Å². The van der Waals surface area contributed by atoms with E-state index in [1.165, 1.54) is 16.6 Å². The van der Waals surface area contributed by atoms with E-state index in [2.05, 4.69) is 68.9 Å². The third-order valence-electron chi connectivity index (χ3n) is 4.69. The Kier molecular flexibility index (Phi) is 4.80. The second-order valence-corrected chi connectivity index (χ2v) is 7.06. The molecular weight excluding hydrogens is 308 g/mol. The number of pyridine rings is 2. The molecule has 0 spiro atoms. The molecule has 0 fully saturated rings. The maximum Gasteiger partial charge on any atom is 0.135 e. The molecule has 4 heteroatoms. The van der Waals surface area contributed by atoms with E-state index in [0.717, 1.165) is 41.3 Å². The van der Waals surface area contributed by atoms with E-state index in [1.54, 1.807) is 0 Å². The van der Waals surface area contributed by atoms with Gasteiger partial charge in [-0.05, 0) is 55.5 Å². The van der Waals surface area contributed by atoms with E-state index in [0.29, 0.717) is 5.92 Å². The molecule has 0 aliphatic heterocycles. The summed E-state index contributed by atoms with van der Waals surface area (Å²) in [5.74, 6) is 1.30. The minimum absolute atomic E-state index is 0.406. The standard InChI is InChI=1S/C21H28N4/c1-7-10-25-12-15(5)20-18(25)11-14(4)19(24-20)16-8-9-17(13(2)3)23-21(16)22-6/h8-9,11-13H,7,10H2,1-6H3,(H,22,23). The summed E-state index contributed by atoms with van der Waals surface area (Å²) < 4.78 is 2.31. The van der Waals surface area contributed by atoms with Gasteiger partial charge in [0, 0.05) is 31.0 Å². The van der Waals surface area contributed by atoms with Crippen LogP contribution in [-0.2, 0) is 6.54 Å². The topological polar surface area (TPSA) is 42.7 Å². The molecule has 3 heterocycles. The molecule has 0 unspecified atom stereocenters. The van der Waals surface area contributed by atoms with Gasteiger partial charge in [-0.1, -0.05) is 20.8 Å². The Bertz CT molecular complexity index is 906. The molecule has 25 heavy (non-hydrogen) atoms. The molecule has 0 aliphatic carbocycles. The van der Waals surface area contributed by atoms with Crippen molar-refractivity contribution in [1.29, 1.82) is 0 Å². The maximum atomic E-state index is 5.03. The van der Waals surface area contributed by atoms with Gasteiger partial charge < -0.3 is 9.88 Å². The Labute approximate surface area is 150 Å². The zero-order valence-electron chi connectivity index (χ0n) is 16.1. The predicted octanol–water partition coefficient (Wildman–Crippen LogP) is 5.29. The molecule has 0 aromatic carbocycles. The first-order chi connectivity index (χ1) is 12.0. The third-order valence-corrected chi connectivity index (χ3v) is 4.69. The lowest BCUT2D eigenvalue weighted by molar-refractivity contribution is 0.702. The molecule has 0 radical (unpaired) electrons. The minimum Gasteiger partial charge on any atom is -0.373 e. The Balaban J connectivity index is 2.19. The number of fused-ring (bicyclic) bond motifs is 1. The van der Waals surface area contributed by atoms with Crippen LogP contribution in [0, 0.1) is 13.8 Å². The molecule has 1 N–H and O–H groups in total. The molecule has 0 amide bonds. The molecule has 0 saturated heterocycles. The van der Waals surface area contributed by atoms with Crippen LogP contribution in [0.5, 0.6) is 0 Å². The predicted molar refractivity (Wildman–Crippen MR) is 106 cm³/mol. The van der Waals surface area contributed by atoms with Crippen molar-refractivity contribution >= 4 is 16.9 Å². The number of aryl methyl sites for hydroxylation is 3. The van der Waals surface area contributed by atoms with Crippen LogP contribution in [0.25, 0.3) is 22.3 Å². The first kappa shape index (κ1) is 17.5. The highest BCUT2D eigenvalue weighted by atomic mass is 15.0. The molecule has 3 aromatic heterocycles. The zero-order valence-corrected chi connectivity index (χ0v) is 16.1. The Morgan fingerprint density at radius 2 is 1.88 bits per heavy atom. The van der Waals surface area contributed by atoms with Crippen LogP contribution in [0.3, 0.4) is 0 Å². The fourth-order valence-electron chi connectivity index (χ4n) is 3.35. The zero-order chi connectivity index (χ0) is 18.1. The van der Waals surface area contributed by atoms with Gasteiger partial charge in [0.05, 0.1) is 16.7 Å². The van der Waals surface area contributed by atoms with E-state index in [9.17, 15) is 0 Å². The van der Waals surface area contributed by atoms with Gasteiger partial charge in [-0.2, -0.15) is 0 Å². The molecule has 0 atom stereocenters.